The van der Waals surface area contributed by atoms with Gasteiger partial charge in [-0.3, -0.25) is 9.59 Å². The van der Waals surface area contributed by atoms with Crippen LogP contribution in [0, 0.1) is 0 Å². The smallest absolute Gasteiger partial charge is 0.406 e. The second-order valence-corrected chi connectivity index (χ2v) is 5.45. The van der Waals surface area contributed by atoms with Gasteiger partial charge in [0.15, 0.2) is 0 Å². The van der Waals surface area contributed by atoms with Gasteiger partial charge in [0, 0.05) is 32.4 Å². The lowest BCUT2D eigenvalue weighted by atomic mass is 10.0. The van der Waals surface area contributed by atoms with E-state index in [0.29, 0.717) is 0 Å². The number of alkyl halides is 3. The number of halogens is 3. The first-order chi connectivity index (χ1) is 11.5. The second-order valence-electron chi connectivity index (χ2n) is 5.45. The molecule has 0 aromatic heterocycles. The number of nitrogens with one attached hydrogen (secondary N) is 2. The van der Waals surface area contributed by atoms with Crippen LogP contribution < -0.4 is 15.4 Å². The lowest BCUT2D eigenvalue weighted by molar-refractivity contribution is -0.274. The maximum atomic E-state index is 12.0. The Hall–Kier alpha value is -2.33. The number of carbonyl (C=O) groups excluding carboxylic acids is 2. The Morgan fingerprint density at radius 2 is 1.76 bits per heavy atom. The monoisotopic (exact) mass is 364 g/mol. The molecule has 1 aromatic carbocycles. The number of methoxy groups -OCH3 is 1. The second kappa shape index (κ2) is 8.67. The van der Waals surface area contributed by atoms with Crippen LogP contribution in [0.1, 0.15) is 13.3 Å². The summed E-state index contributed by atoms with van der Waals surface area (Å²) in [6, 6.07) is 4.30. The molecule has 0 aliphatic carbocycles. The van der Waals surface area contributed by atoms with Crippen molar-refractivity contribution in [3.8, 4) is 5.75 Å². The fraction of sp³-hybridized carbons (Fsp3) is 0.467. The van der Waals surface area contributed by atoms with Crippen LogP contribution in [-0.4, -0.2) is 49.1 Å². The number of aliphatic hydroxyl groups is 1. The topological polar surface area (TPSA) is 96.9 Å². The molecule has 10 heteroatoms. The Kier molecular flexibility index (Phi) is 7.19. The van der Waals surface area contributed by atoms with E-state index in [2.05, 4.69) is 15.4 Å². The molecule has 140 valence electrons. The minimum Gasteiger partial charge on any atom is -0.406 e. The average molecular weight is 364 g/mol. The van der Waals surface area contributed by atoms with E-state index in [0.717, 1.165) is 24.3 Å². The van der Waals surface area contributed by atoms with Gasteiger partial charge in [-0.15, -0.1) is 13.2 Å². The predicted octanol–water partition coefficient (Wildman–Crippen LogP) is 1.43. The van der Waals surface area contributed by atoms with Crippen molar-refractivity contribution < 1.29 is 37.3 Å². The molecule has 0 saturated carbocycles. The van der Waals surface area contributed by atoms with Crippen LogP contribution in [0.4, 0.5) is 18.9 Å². The zero-order valence-electron chi connectivity index (χ0n) is 13.6. The number of rotatable bonds is 7. The van der Waals surface area contributed by atoms with E-state index in [-0.39, 0.29) is 25.3 Å². The van der Waals surface area contributed by atoms with Crippen LogP contribution in [0.25, 0.3) is 0 Å². The van der Waals surface area contributed by atoms with Gasteiger partial charge in [-0.2, -0.15) is 0 Å². The highest BCUT2D eigenvalue weighted by atomic mass is 19.4. The normalized spacial score (nSPS) is 13.7. The van der Waals surface area contributed by atoms with E-state index >= 15 is 0 Å². The van der Waals surface area contributed by atoms with Gasteiger partial charge < -0.3 is 25.2 Å². The summed E-state index contributed by atoms with van der Waals surface area (Å²) in [5.74, 6) is -2.47. The van der Waals surface area contributed by atoms with Crippen LogP contribution in [0.5, 0.6) is 5.75 Å². The van der Waals surface area contributed by atoms with Gasteiger partial charge in [-0.1, -0.05) is 0 Å². The van der Waals surface area contributed by atoms with Gasteiger partial charge in [0.05, 0.1) is 5.60 Å². The summed E-state index contributed by atoms with van der Waals surface area (Å²) in [6.45, 7) is 1.59. The molecule has 0 radical (unpaired) electrons. The van der Waals surface area contributed by atoms with Crippen molar-refractivity contribution in [2.24, 2.45) is 0 Å². The Morgan fingerprint density at radius 3 is 2.28 bits per heavy atom. The molecule has 3 N–H and O–H groups in total. The summed E-state index contributed by atoms with van der Waals surface area (Å²) in [7, 11) is 1.47. The van der Waals surface area contributed by atoms with E-state index in [4.69, 9.17) is 4.74 Å². The van der Waals surface area contributed by atoms with Crippen LogP contribution in [-0.2, 0) is 14.3 Å². The zero-order valence-corrected chi connectivity index (χ0v) is 13.6. The van der Waals surface area contributed by atoms with Gasteiger partial charge in [0.1, 0.15) is 5.75 Å². The van der Waals surface area contributed by atoms with Crippen molar-refractivity contribution in [3.63, 3.8) is 0 Å². The summed E-state index contributed by atoms with van der Waals surface area (Å²) in [5, 5.41) is 14.4. The van der Waals surface area contributed by atoms with E-state index in [9.17, 15) is 27.9 Å². The van der Waals surface area contributed by atoms with E-state index in [1.165, 1.54) is 14.0 Å². The third-order valence-electron chi connectivity index (χ3n) is 3.03. The number of anilines is 1. The summed E-state index contributed by atoms with van der Waals surface area (Å²) < 4.78 is 44.6. The van der Waals surface area contributed by atoms with Crippen LogP contribution in [0.15, 0.2) is 24.3 Å². The summed E-state index contributed by atoms with van der Waals surface area (Å²) in [5.41, 5.74) is -1.14. The van der Waals surface area contributed by atoms with E-state index in [1.807, 2.05) is 0 Å². The minimum absolute atomic E-state index is 0.112. The number of hydrogen-bond acceptors (Lipinski definition) is 5. The lowest BCUT2D eigenvalue weighted by Crippen LogP contribution is -2.45. The maximum absolute atomic E-state index is 12.0. The molecule has 1 rings (SSSR count). The van der Waals surface area contributed by atoms with Gasteiger partial charge in [0.2, 0.25) is 0 Å². The largest absolute Gasteiger partial charge is 0.573 e. The molecule has 0 aliphatic rings. The van der Waals surface area contributed by atoms with Crippen molar-refractivity contribution in [2.45, 2.75) is 25.3 Å². The van der Waals surface area contributed by atoms with Crippen molar-refractivity contribution in [3.05, 3.63) is 24.3 Å². The third-order valence-corrected chi connectivity index (χ3v) is 3.03. The van der Waals surface area contributed by atoms with Crippen molar-refractivity contribution >= 4 is 17.5 Å². The van der Waals surface area contributed by atoms with Crippen LogP contribution in [0.2, 0.25) is 0 Å². The summed E-state index contributed by atoms with van der Waals surface area (Å²) >= 11 is 0. The highest BCUT2D eigenvalue weighted by molar-refractivity contribution is 6.39. The van der Waals surface area contributed by atoms with Crippen molar-refractivity contribution in [1.82, 2.24) is 5.32 Å². The summed E-state index contributed by atoms with van der Waals surface area (Å²) in [4.78, 5) is 23.4. The fourth-order valence-corrected chi connectivity index (χ4v) is 1.69. The molecular weight excluding hydrogens is 345 g/mol. The van der Waals surface area contributed by atoms with E-state index in [1.54, 1.807) is 0 Å². The number of hydrogen-bond donors (Lipinski definition) is 3. The molecule has 7 nitrogen and oxygen atoms in total. The summed E-state index contributed by atoms with van der Waals surface area (Å²) in [6.07, 6.45) is -4.56. The number of ether oxygens (including phenoxy) is 2. The zero-order chi connectivity index (χ0) is 19.1. The first-order valence-corrected chi connectivity index (χ1v) is 7.19. The van der Waals surface area contributed by atoms with Gasteiger partial charge in [-0.25, -0.2) is 0 Å². The quantitative estimate of drug-likeness (QED) is 0.636. The molecule has 25 heavy (non-hydrogen) atoms. The molecule has 0 spiro atoms. The number of amides is 2. The Morgan fingerprint density at radius 1 is 1.16 bits per heavy atom. The van der Waals surface area contributed by atoms with Gasteiger partial charge in [0.25, 0.3) is 0 Å². The molecule has 0 heterocycles. The standard InChI is InChI=1S/C15H19F3N2O5/c1-14(23,7-8-24-2)9-19-12(21)13(22)20-10-3-5-11(6-4-10)25-15(16,17)18/h3-6,23H,7-9H2,1-2H3,(H,19,21)(H,20,22). The minimum atomic E-state index is -4.82. The van der Waals surface area contributed by atoms with Crippen LogP contribution >= 0.6 is 0 Å². The third kappa shape index (κ3) is 8.36. The van der Waals surface area contributed by atoms with Gasteiger partial charge >= 0.3 is 18.2 Å². The van der Waals surface area contributed by atoms with Crippen molar-refractivity contribution in [2.75, 3.05) is 25.6 Å². The molecule has 1 aromatic rings. The molecular formula is C15H19F3N2O5. The molecule has 0 bridgehead atoms. The molecule has 0 saturated heterocycles. The highest BCUT2D eigenvalue weighted by Crippen LogP contribution is 2.23. The molecule has 0 aliphatic heterocycles. The van der Waals surface area contributed by atoms with Crippen LogP contribution in [0.3, 0.4) is 0 Å². The molecule has 0 fully saturated rings. The molecule has 2 amide bonds. The van der Waals surface area contributed by atoms with E-state index < -0.39 is 29.5 Å². The number of carbonyl (C=O) groups is 2. The fourth-order valence-electron chi connectivity index (χ4n) is 1.69. The number of benzene rings is 1. The average Bonchev–Trinajstić information content (AvgIpc) is 2.51. The Labute approximate surface area is 142 Å². The molecule has 1 unspecified atom stereocenters. The Balaban J connectivity index is 2.51. The maximum Gasteiger partial charge on any atom is 0.573 e. The lowest BCUT2D eigenvalue weighted by Gasteiger charge is -2.22. The highest BCUT2D eigenvalue weighted by Gasteiger charge is 2.31. The first kappa shape index (κ1) is 20.7. The predicted molar refractivity (Wildman–Crippen MR) is 81.9 cm³/mol. The Bertz CT molecular complexity index is 588. The SMILES string of the molecule is COCCC(C)(O)CNC(=O)C(=O)Nc1ccc(OC(F)(F)F)cc1. The molecule has 1 atom stereocenters. The first-order valence-electron chi connectivity index (χ1n) is 7.19. The van der Waals surface area contributed by atoms with Crippen molar-refractivity contribution in [1.29, 1.82) is 0 Å². The van der Waals surface area contributed by atoms with Gasteiger partial charge in [-0.05, 0) is 31.2 Å².